The average molecular weight is 320 g/mol. The highest BCUT2D eigenvalue weighted by atomic mass is 31.2. The van der Waals surface area contributed by atoms with Crippen LogP contribution in [0.2, 0.25) is 0 Å². The minimum absolute atomic E-state index is 0.00505. The van der Waals surface area contributed by atoms with Crippen LogP contribution in [0.3, 0.4) is 0 Å². The van der Waals surface area contributed by atoms with Crippen molar-refractivity contribution in [3.05, 3.63) is 54.1 Å². The van der Waals surface area contributed by atoms with Crippen LogP contribution in [0.15, 0.2) is 48.5 Å². The van der Waals surface area contributed by atoms with E-state index in [0.29, 0.717) is 6.42 Å². The molecule has 0 aliphatic rings. The summed E-state index contributed by atoms with van der Waals surface area (Å²) >= 11 is 0. The maximum Gasteiger partial charge on any atom is 0.359 e. The molecule has 2 aromatic rings. The zero-order chi connectivity index (χ0) is 16.2. The van der Waals surface area contributed by atoms with Crippen molar-refractivity contribution in [3.63, 3.8) is 0 Å². The monoisotopic (exact) mass is 320 g/mol. The first-order chi connectivity index (χ1) is 10.5. The molecule has 0 bridgehead atoms. The first-order valence-electron chi connectivity index (χ1n) is 7.28. The van der Waals surface area contributed by atoms with Gasteiger partial charge in [-0.15, -0.1) is 0 Å². The first kappa shape index (κ1) is 16.9. The van der Waals surface area contributed by atoms with Crippen LogP contribution in [-0.4, -0.2) is 16.1 Å². The third-order valence-corrected chi connectivity index (χ3v) is 5.12. The Hall–Kier alpha value is -1.45. The van der Waals surface area contributed by atoms with Crippen LogP contribution < -0.4 is 5.30 Å². The average Bonchev–Trinajstić information content (AvgIpc) is 2.54. The lowest BCUT2D eigenvalue weighted by atomic mass is 10.0. The standard InChI is InChI=1S/C17H21O4P/c1-3-13(2)21-22(19,20)17-6-4-5-16(11-17)15-9-7-14(12-18)8-10-15/h4-11,13,18H,3,12H2,1-2H3,(H,19,20). The fourth-order valence-electron chi connectivity index (χ4n) is 2.04. The lowest BCUT2D eigenvalue weighted by Crippen LogP contribution is -2.12. The van der Waals surface area contributed by atoms with Gasteiger partial charge in [0.15, 0.2) is 0 Å². The Labute approximate surface area is 130 Å². The first-order valence-corrected chi connectivity index (χ1v) is 8.86. The van der Waals surface area contributed by atoms with Crippen molar-refractivity contribution in [2.45, 2.75) is 33.0 Å². The van der Waals surface area contributed by atoms with Gasteiger partial charge in [-0.3, -0.25) is 4.57 Å². The quantitative estimate of drug-likeness (QED) is 0.800. The van der Waals surface area contributed by atoms with E-state index in [-0.39, 0.29) is 18.0 Å². The Bertz CT molecular complexity index is 667. The summed E-state index contributed by atoms with van der Waals surface area (Å²) in [6.45, 7) is 3.68. The summed E-state index contributed by atoms with van der Waals surface area (Å²) in [5.74, 6) is 0. The van der Waals surface area contributed by atoms with E-state index in [1.54, 1.807) is 25.1 Å². The maximum absolute atomic E-state index is 12.4. The number of hydrogen-bond donors (Lipinski definition) is 2. The predicted molar refractivity (Wildman–Crippen MR) is 88.1 cm³/mol. The molecule has 2 unspecified atom stereocenters. The molecule has 0 amide bonds. The molecule has 5 heteroatoms. The van der Waals surface area contributed by atoms with E-state index in [0.717, 1.165) is 16.7 Å². The highest BCUT2D eigenvalue weighted by molar-refractivity contribution is 7.61. The third kappa shape index (κ3) is 4.05. The Kier molecular flexibility index (Phi) is 5.54. The number of rotatable bonds is 6. The molecule has 0 saturated heterocycles. The second-order valence-corrected chi connectivity index (χ2v) is 7.02. The summed E-state index contributed by atoms with van der Waals surface area (Å²) in [7, 11) is -3.82. The minimum atomic E-state index is -3.82. The van der Waals surface area contributed by atoms with Crippen LogP contribution in [0.25, 0.3) is 11.1 Å². The fourth-order valence-corrected chi connectivity index (χ4v) is 3.38. The molecule has 0 aliphatic heterocycles. The van der Waals surface area contributed by atoms with Gasteiger partial charge in [0.1, 0.15) is 0 Å². The van der Waals surface area contributed by atoms with Gasteiger partial charge in [-0.2, -0.15) is 0 Å². The van der Waals surface area contributed by atoms with Crippen molar-refractivity contribution in [2.75, 3.05) is 0 Å². The molecular formula is C17H21O4P. The van der Waals surface area contributed by atoms with Crippen LogP contribution in [-0.2, 0) is 15.7 Å². The summed E-state index contributed by atoms with van der Waals surface area (Å²) in [4.78, 5) is 10.1. The van der Waals surface area contributed by atoms with E-state index in [1.807, 2.05) is 37.3 Å². The largest absolute Gasteiger partial charge is 0.392 e. The fraction of sp³-hybridized carbons (Fsp3) is 0.294. The lowest BCUT2D eigenvalue weighted by molar-refractivity contribution is 0.192. The van der Waals surface area contributed by atoms with Gasteiger partial charge in [0.05, 0.1) is 18.0 Å². The number of aliphatic hydroxyl groups is 1. The molecule has 2 rings (SSSR count). The Morgan fingerprint density at radius 3 is 2.41 bits per heavy atom. The summed E-state index contributed by atoms with van der Waals surface area (Å²) < 4.78 is 17.6. The molecular weight excluding hydrogens is 299 g/mol. The van der Waals surface area contributed by atoms with E-state index in [4.69, 9.17) is 9.63 Å². The zero-order valence-electron chi connectivity index (χ0n) is 12.8. The molecule has 2 atom stereocenters. The van der Waals surface area contributed by atoms with Gasteiger partial charge in [-0.25, -0.2) is 0 Å². The summed E-state index contributed by atoms with van der Waals surface area (Å²) in [6, 6.07) is 14.3. The predicted octanol–water partition coefficient (Wildman–Crippen LogP) is 3.47. The smallest absolute Gasteiger partial charge is 0.359 e. The maximum atomic E-state index is 12.4. The zero-order valence-corrected chi connectivity index (χ0v) is 13.7. The second-order valence-electron chi connectivity index (χ2n) is 5.25. The molecule has 0 aromatic heterocycles. The van der Waals surface area contributed by atoms with Crippen molar-refractivity contribution in [2.24, 2.45) is 0 Å². The highest BCUT2D eigenvalue weighted by Crippen LogP contribution is 2.43. The Balaban J connectivity index is 2.31. The van der Waals surface area contributed by atoms with Crippen LogP contribution in [0.1, 0.15) is 25.8 Å². The lowest BCUT2D eigenvalue weighted by Gasteiger charge is -2.17. The van der Waals surface area contributed by atoms with Crippen LogP contribution >= 0.6 is 7.60 Å². The summed E-state index contributed by atoms with van der Waals surface area (Å²) in [5.41, 5.74) is 2.58. The number of benzene rings is 2. The molecule has 2 N–H and O–H groups in total. The van der Waals surface area contributed by atoms with Gasteiger partial charge in [0.2, 0.25) is 0 Å². The van der Waals surface area contributed by atoms with Crippen molar-refractivity contribution in [1.82, 2.24) is 0 Å². The number of aliphatic hydroxyl groups excluding tert-OH is 1. The van der Waals surface area contributed by atoms with Crippen molar-refractivity contribution >= 4 is 12.9 Å². The SMILES string of the molecule is CCC(C)OP(=O)(O)c1cccc(-c2ccc(CO)cc2)c1. The third-order valence-electron chi connectivity index (χ3n) is 3.54. The van der Waals surface area contributed by atoms with E-state index >= 15 is 0 Å². The highest BCUT2D eigenvalue weighted by Gasteiger charge is 2.25. The minimum Gasteiger partial charge on any atom is -0.392 e. The molecule has 22 heavy (non-hydrogen) atoms. The molecule has 0 aliphatic carbocycles. The molecule has 118 valence electrons. The topological polar surface area (TPSA) is 66.8 Å². The molecule has 0 fully saturated rings. The normalized spacial score (nSPS) is 15.3. The Morgan fingerprint density at radius 2 is 1.82 bits per heavy atom. The van der Waals surface area contributed by atoms with Gasteiger partial charge in [-0.1, -0.05) is 43.3 Å². The van der Waals surface area contributed by atoms with Crippen LogP contribution in [0.5, 0.6) is 0 Å². The number of hydrogen-bond acceptors (Lipinski definition) is 3. The van der Waals surface area contributed by atoms with Crippen molar-refractivity contribution < 1.29 is 19.1 Å². The van der Waals surface area contributed by atoms with Crippen LogP contribution in [0, 0.1) is 0 Å². The van der Waals surface area contributed by atoms with Gasteiger partial charge in [-0.05, 0) is 42.2 Å². The van der Waals surface area contributed by atoms with Crippen molar-refractivity contribution in [3.8, 4) is 11.1 Å². The Morgan fingerprint density at radius 1 is 1.14 bits per heavy atom. The van der Waals surface area contributed by atoms with E-state index in [9.17, 15) is 9.46 Å². The van der Waals surface area contributed by atoms with Crippen LogP contribution in [0.4, 0.5) is 0 Å². The van der Waals surface area contributed by atoms with Gasteiger partial charge in [0.25, 0.3) is 0 Å². The molecule has 0 radical (unpaired) electrons. The van der Waals surface area contributed by atoms with Gasteiger partial charge < -0.3 is 14.5 Å². The van der Waals surface area contributed by atoms with E-state index < -0.39 is 7.60 Å². The van der Waals surface area contributed by atoms with E-state index in [1.165, 1.54) is 0 Å². The summed E-state index contributed by atoms with van der Waals surface area (Å²) in [6.07, 6.45) is 0.399. The molecule has 0 spiro atoms. The van der Waals surface area contributed by atoms with Gasteiger partial charge in [0, 0.05) is 0 Å². The molecule has 0 heterocycles. The molecule has 2 aromatic carbocycles. The van der Waals surface area contributed by atoms with Crippen molar-refractivity contribution in [1.29, 1.82) is 0 Å². The molecule has 0 saturated carbocycles. The second kappa shape index (κ2) is 7.21. The van der Waals surface area contributed by atoms with Gasteiger partial charge >= 0.3 is 7.60 Å². The van der Waals surface area contributed by atoms with E-state index in [2.05, 4.69) is 0 Å². The summed E-state index contributed by atoms with van der Waals surface area (Å²) in [5, 5.41) is 9.36. The molecule has 4 nitrogen and oxygen atoms in total.